The van der Waals surface area contributed by atoms with Crippen molar-refractivity contribution >= 4 is 12.4 Å². The van der Waals surface area contributed by atoms with Crippen molar-refractivity contribution in [2.45, 2.75) is 45.4 Å². The minimum atomic E-state index is -0.911. The van der Waals surface area contributed by atoms with Crippen LogP contribution in [0.1, 0.15) is 33.6 Å². The molecule has 1 heterocycles. The van der Waals surface area contributed by atoms with Crippen molar-refractivity contribution in [2.75, 3.05) is 13.7 Å². The van der Waals surface area contributed by atoms with Crippen LogP contribution in [0.15, 0.2) is 0 Å². The van der Waals surface area contributed by atoms with Gasteiger partial charge in [0.2, 0.25) is 0 Å². The zero-order valence-corrected chi connectivity index (χ0v) is 10.9. The number of hydrogen-bond donors (Lipinski definition) is 0. The monoisotopic (exact) mass is 243 g/mol. The molecule has 1 aliphatic heterocycles. The Bertz CT molecular complexity index is 294. The van der Waals surface area contributed by atoms with Gasteiger partial charge in [-0.25, -0.2) is 4.79 Å². The molecule has 0 aliphatic carbocycles. The number of methoxy groups -OCH3 is 1. The second-order valence-electron chi connectivity index (χ2n) is 4.83. The molecule has 17 heavy (non-hydrogen) atoms. The van der Waals surface area contributed by atoms with E-state index >= 15 is 0 Å². The van der Waals surface area contributed by atoms with Gasteiger partial charge in [0.25, 0.3) is 0 Å². The molecule has 0 aromatic rings. The van der Waals surface area contributed by atoms with Gasteiger partial charge in [-0.1, -0.05) is 20.3 Å². The summed E-state index contributed by atoms with van der Waals surface area (Å²) in [6.45, 7) is 6.09. The Labute approximate surface area is 102 Å². The molecule has 3 atom stereocenters. The first kappa shape index (κ1) is 14.0. The van der Waals surface area contributed by atoms with Crippen molar-refractivity contribution in [3.05, 3.63) is 0 Å². The van der Waals surface area contributed by atoms with Crippen molar-refractivity contribution < 1.29 is 19.1 Å². The van der Waals surface area contributed by atoms with Gasteiger partial charge in [0.1, 0.15) is 18.1 Å². The number of carbonyl (C=O) groups is 2. The maximum absolute atomic E-state index is 11.7. The topological polar surface area (TPSA) is 55.8 Å². The summed E-state index contributed by atoms with van der Waals surface area (Å²) in [5.41, 5.74) is -0.911. The smallest absolute Gasteiger partial charge is 0.412 e. The molecular formula is C12H21NO4. The third kappa shape index (κ3) is 2.77. The van der Waals surface area contributed by atoms with Crippen LogP contribution < -0.4 is 0 Å². The van der Waals surface area contributed by atoms with E-state index in [2.05, 4.69) is 13.8 Å². The quantitative estimate of drug-likeness (QED) is 0.706. The van der Waals surface area contributed by atoms with Crippen LogP contribution in [0.2, 0.25) is 0 Å². The van der Waals surface area contributed by atoms with E-state index in [-0.39, 0.29) is 12.8 Å². The van der Waals surface area contributed by atoms with Crippen molar-refractivity contribution in [1.82, 2.24) is 4.90 Å². The zero-order valence-electron chi connectivity index (χ0n) is 10.9. The van der Waals surface area contributed by atoms with Crippen LogP contribution in [0.25, 0.3) is 0 Å². The molecule has 0 bridgehead atoms. The molecule has 1 fully saturated rings. The van der Waals surface area contributed by atoms with Gasteiger partial charge < -0.3 is 14.3 Å². The first-order valence-corrected chi connectivity index (χ1v) is 5.93. The second-order valence-corrected chi connectivity index (χ2v) is 4.83. The van der Waals surface area contributed by atoms with Gasteiger partial charge in [-0.05, 0) is 19.3 Å². The van der Waals surface area contributed by atoms with Crippen LogP contribution in [-0.4, -0.2) is 42.8 Å². The van der Waals surface area contributed by atoms with E-state index in [0.717, 1.165) is 19.1 Å². The SMILES string of the molecule is CCC(C)CC1OCC(C)(C=O)N1C(=O)OC. The highest BCUT2D eigenvalue weighted by Gasteiger charge is 2.47. The lowest BCUT2D eigenvalue weighted by molar-refractivity contribution is -0.115. The number of aldehydes is 1. The lowest BCUT2D eigenvalue weighted by Crippen LogP contribution is -2.51. The molecule has 1 rings (SSSR count). The fraction of sp³-hybridized carbons (Fsp3) is 0.833. The summed E-state index contributed by atoms with van der Waals surface area (Å²) in [5.74, 6) is 0.432. The van der Waals surface area contributed by atoms with E-state index in [1.807, 2.05) is 0 Å². The predicted octanol–water partition coefficient (Wildman–Crippen LogP) is 1.80. The highest BCUT2D eigenvalue weighted by molar-refractivity contribution is 5.77. The van der Waals surface area contributed by atoms with Crippen LogP contribution in [0.3, 0.4) is 0 Å². The average Bonchev–Trinajstić information content (AvgIpc) is 2.66. The summed E-state index contributed by atoms with van der Waals surface area (Å²) < 4.78 is 10.3. The van der Waals surface area contributed by atoms with Crippen LogP contribution >= 0.6 is 0 Å². The maximum atomic E-state index is 11.7. The van der Waals surface area contributed by atoms with E-state index in [1.165, 1.54) is 12.0 Å². The minimum absolute atomic E-state index is 0.229. The van der Waals surface area contributed by atoms with Crippen molar-refractivity contribution in [3.8, 4) is 0 Å². The van der Waals surface area contributed by atoms with Crippen molar-refractivity contribution in [1.29, 1.82) is 0 Å². The normalized spacial score (nSPS) is 30.1. The van der Waals surface area contributed by atoms with Gasteiger partial charge in [0.15, 0.2) is 0 Å². The second kappa shape index (κ2) is 5.49. The molecule has 5 heteroatoms. The first-order chi connectivity index (χ1) is 7.98. The summed E-state index contributed by atoms with van der Waals surface area (Å²) in [6.07, 6.45) is 1.60. The van der Waals surface area contributed by atoms with Crippen LogP contribution in [0.5, 0.6) is 0 Å². The fourth-order valence-corrected chi connectivity index (χ4v) is 1.94. The largest absolute Gasteiger partial charge is 0.453 e. The van der Waals surface area contributed by atoms with E-state index < -0.39 is 11.6 Å². The molecule has 0 aromatic carbocycles. The molecule has 0 radical (unpaired) electrons. The van der Waals surface area contributed by atoms with Crippen LogP contribution in [0, 0.1) is 5.92 Å². The molecular weight excluding hydrogens is 222 g/mol. The van der Waals surface area contributed by atoms with E-state index in [9.17, 15) is 9.59 Å². The predicted molar refractivity (Wildman–Crippen MR) is 62.5 cm³/mol. The zero-order chi connectivity index (χ0) is 13.1. The molecule has 5 nitrogen and oxygen atoms in total. The van der Waals surface area contributed by atoms with E-state index in [1.54, 1.807) is 6.92 Å². The number of carbonyl (C=O) groups excluding carboxylic acids is 2. The van der Waals surface area contributed by atoms with Crippen molar-refractivity contribution in [3.63, 3.8) is 0 Å². The number of hydrogen-bond acceptors (Lipinski definition) is 4. The number of ether oxygens (including phenoxy) is 2. The van der Waals surface area contributed by atoms with E-state index in [0.29, 0.717) is 5.92 Å². The van der Waals surface area contributed by atoms with Crippen molar-refractivity contribution in [2.24, 2.45) is 5.92 Å². The summed E-state index contributed by atoms with van der Waals surface area (Å²) >= 11 is 0. The Morgan fingerprint density at radius 1 is 1.71 bits per heavy atom. The first-order valence-electron chi connectivity index (χ1n) is 5.93. The highest BCUT2D eigenvalue weighted by atomic mass is 16.6. The summed E-state index contributed by atoms with van der Waals surface area (Å²) in [7, 11) is 1.31. The van der Waals surface area contributed by atoms with Gasteiger partial charge >= 0.3 is 6.09 Å². The molecule has 3 unspecified atom stereocenters. The van der Waals surface area contributed by atoms with Gasteiger partial charge in [-0.15, -0.1) is 0 Å². The highest BCUT2D eigenvalue weighted by Crippen LogP contribution is 2.30. The standard InChI is InChI=1S/C12H21NO4/c1-5-9(2)6-10-13(11(15)16-4)12(3,7-14)8-17-10/h7,9-10H,5-6,8H2,1-4H3. The Morgan fingerprint density at radius 2 is 2.35 bits per heavy atom. The lowest BCUT2D eigenvalue weighted by Gasteiger charge is -2.31. The summed E-state index contributed by atoms with van der Waals surface area (Å²) in [6, 6.07) is 0. The van der Waals surface area contributed by atoms with Gasteiger partial charge in [0.05, 0.1) is 13.7 Å². The minimum Gasteiger partial charge on any atom is -0.453 e. The van der Waals surface area contributed by atoms with Gasteiger partial charge in [-0.2, -0.15) is 0 Å². The Hall–Kier alpha value is -1.10. The number of nitrogens with zero attached hydrogens (tertiary/aromatic N) is 1. The van der Waals surface area contributed by atoms with Gasteiger partial charge in [-0.3, -0.25) is 4.90 Å². The molecule has 1 saturated heterocycles. The molecule has 0 aromatic heterocycles. The molecule has 0 spiro atoms. The Kier molecular flexibility index (Phi) is 4.51. The third-order valence-electron chi connectivity index (χ3n) is 3.33. The maximum Gasteiger partial charge on any atom is 0.412 e. The lowest BCUT2D eigenvalue weighted by atomic mass is 10.0. The molecule has 1 aliphatic rings. The Morgan fingerprint density at radius 3 is 2.82 bits per heavy atom. The molecule has 0 saturated carbocycles. The Balaban J connectivity index is 2.84. The third-order valence-corrected chi connectivity index (χ3v) is 3.33. The fourth-order valence-electron chi connectivity index (χ4n) is 1.94. The molecule has 1 amide bonds. The number of rotatable bonds is 4. The average molecular weight is 243 g/mol. The van der Waals surface area contributed by atoms with E-state index in [4.69, 9.17) is 9.47 Å². The number of amides is 1. The van der Waals surface area contributed by atoms with Crippen LogP contribution in [-0.2, 0) is 14.3 Å². The molecule has 0 N–H and O–H groups in total. The van der Waals surface area contributed by atoms with Crippen LogP contribution in [0.4, 0.5) is 4.79 Å². The summed E-state index contributed by atoms with van der Waals surface area (Å²) in [4.78, 5) is 24.3. The molecule has 98 valence electrons. The van der Waals surface area contributed by atoms with Gasteiger partial charge in [0, 0.05) is 0 Å². The summed E-state index contributed by atoms with van der Waals surface area (Å²) in [5, 5.41) is 0.